The first-order chi connectivity index (χ1) is 9.63. The number of hydrogen-bond donors (Lipinski definition) is 2. The van der Waals surface area contributed by atoms with Crippen molar-refractivity contribution in [3.05, 3.63) is 64.7 Å². The average molecular weight is 267 g/mol. The number of aliphatic hydroxyl groups excluding tert-OH is 1. The van der Waals surface area contributed by atoms with E-state index in [2.05, 4.69) is 5.32 Å². The fourth-order valence-electron chi connectivity index (χ4n) is 2.62. The van der Waals surface area contributed by atoms with Gasteiger partial charge in [-0.3, -0.25) is 4.79 Å². The first-order valence-electron chi connectivity index (χ1n) is 6.79. The van der Waals surface area contributed by atoms with Crippen LogP contribution in [0, 0.1) is 6.92 Å². The molecule has 1 amide bonds. The Labute approximate surface area is 118 Å². The van der Waals surface area contributed by atoms with E-state index in [-0.39, 0.29) is 5.91 Å². The third-order valence-electron chi connectivity index (χ3n) is 3.81. The highest BCUT2D eigenvalue weighted by atomic mass is 16.3. The molecule has 0 fully saturated rings. The number of benzene rings is 2. The molecule has 3 nitrogen and oxygen atoms in total. The summed E-state index contributed by atoms with van der Waals surface area (Å²) >= 11 is 0. The number of carbonyl (C=O) groups is 1. The monoisotopic (exact) mass is 267 g/mol. The largest absolute Gasteiger partial charge is 0.388 e. The summed E-state index contributed by atoms with van der Waals surface area (Å²) in [6.07, 6.45) is 0.449. The summed E-state index contributed by atoms with van der Waals surface area (Å²) in [5.74, 6) is 0.0190. The number of hydrogen-bond acceptors (Lipinski definition) is 2. The van der Waals surface area contributed by atoms with Crippen molar-refractivity contribution in [1.29, 1.82) is 0 Å². The van der Waals surface area contributed by atoms with E-state index in [0.717, 1.165) is 22.4 Å². The normalized spacial score (nSPS) is 14.8. The molecule has 0 aromatic heterocycles. The summed E-state index contributed by atoms with van der Waals surface area (Å²) in [4.78, 5) is 11.3. The van der Waals surface area contributed by atoms with Gasteiger partial charge in [-0.2, -0.15) is 0 Å². The summed E-state index contributed by atoms with van der Waals surface area (Å²) in [7, 11) is 0. The standard InChI is InChI=1S/C17H17NO2/c1-11-4-2-3-5-12(11)9-16(19)13-6-7-15-14(8-13)10-17(20)18-15/h2-8,16,19H,9-10H2,1H3,(H,18,20). The summed E-state index contributed by atoms with van der Waals surface area (Å²) in [6.45, 7) is 2.05. The maximum absolute atomic E-state index is 11.3. The molecule has 3 rings (SSSR count). The Morgan fingerprint density at radius 3 is 2.85 bits per heavy atom. The maximum atomic E-state index is 11.3. The Bertz CT molecular complexity index is 664. The van der Waals surface area contributed by atoms with Crippen molar-refractivity contribution < 1.29 is 9.90 Å². The van der Waals surface area contributed by atoms with E-state index in [1.807, 2.05) is 49.4 Å². The van der Waals surface area contributed by atoms with Gasteiger partial charge in [0.05, 0.1) is 12.5 Å². The number of rotatable bonds is 3. The molecule has 2 N–H and O–H groups in total. The van der Waals surface area contributed by atoms with Gasteiger partial charge in [-0.25, -0.2) is 0 Å². The molecule has 2 aromatic rings. The molecule has 1 atom stereocenters. The number of aryl methyl sites for hydroxylation is 1. The second kappa shape index (κ2) is 5.10. The SMILES string of the molecule is Cc1ccccc1CC(O)c1ccc2c(c1)CC(=O)N2. The van der Waals surface area contributed by atoms with Crippen LogP contribution in [0.1, 0.15) is 28.4 Å². The highest BCUT2D eigenvalue weighted by Gasteiger charge is 2.19. The van der Waals surface area contributed by atoms with Gasteiger partial charge in [0, 0.05) is 12.1 Å². The van der Waals surface area contributed by atoms with E-state index < -0.39 is 6.10 Å². The van der Waals surface area contributed by atoms with E-state index >= 15 is 0 Å². The van der Waals surface area contributed by atoms with Gasteiger partial charge >= 0.3 is 0 Å². The fraction of sp³-hybridized carbons (Fsp3) is 0.235. The van der Waals surface area contributed by atoms with Gasteiger partial charge in [-0.15, -0.1) is 0 Å². The second-order valence-electron chi connectivity index (χ2n) is 5.29. The quantitative estimate of drug-likeness (QED) is 0.898. The van der Waals surface area contributed by atoms with Gasteiger partial charge in [0.1, 0.15) is 0 Å². The summed E-state index contributed by atoms with van der Waals surface area (Å²) in [5, 5.41) is 13.2. The van der Waals surface area contributed by atoms with Crippen molar-refractivity contribution in [1.82, 2.24) is 0 Å². The molecule has 1 aliphatic heterocycles. The van der Waals surface area contributed by atoms with Gasteiger partial charge in [-0.1, -0.05) is 36.4 Å². The van der Waals surface area contributed by atoms with Crippen LogP contribution in [0.25, 0.3) is 0 Å². The molecule has 1 unspecified atom stereocenters. The topological polar surface area (TPSA) is 49.3 Å². The summed E-state index contributed by atoms with van der Waals surface area (Å²) in [5.41, 5.74) is 5.03. The molecule has 1 aliphatic rings. The zero-order chi connectivity index (χ0) is 14.1. The molecule has 0 bridgehead atoms. The first-order valence-corrected chi connectivity index (χ1v) is 6.79. The van der Waals surface area contributed by atoms with Crippen LogP contribution in [-0.2, 0) is 17.6 Å². The number of aliphatic hydroxyl groups is 1. The van der Waals surface area contributed by atoms with Crippen LogP contribution < -0.4 is 5.32 Å². The predicted octanol–water partition coefficient (Wildman–Crippen LogP) is 2.77. The lowest BCUT2D eigenvalue weighted by atomic mass is 9.96. The van der Waals surface area contributed by atoms with Gasteiger partial charge < -0.3 is 10.4 Å². The van der Waals surface area contributed by atoms with Crippen molar-refractivity contribution in [2.24, 2.45) is 0 Å². The molecule has 2 aromatic carbocycles. The molecule has 0 radical (unpaired) electrons. The van der Waals surface area contributed by atoms with Crippen LogP contribution in [-0.4, -0.2) is 11.0 Å². The molecule has 0 spiro atoms. The molecule has 3 heteroatoms. The molecule has 1 heterocycles. The van der Waals surface area contributed by atoms with Gasteiger partial charge in [-0.05, 0) is 35.2 Å². The van der Waals surface area contributed by atoms with Crippen LogP contribution in [0.15, 0.2) is 42.5 Å². The minimum atomic E-state index is -0.544. The Hall–Kier alpha value is -2.13. The molecule has 20 heavy (non-hydrogen) atoms. The predicted molar refractivity (Wildman–Crippen MR) is 78.6 cm³/mol. The highest BCUT2D eigenvalue weighted by Crippen LogP contribution is 2.28. The molecule has 0 saturated heterocycles. The average Bonchev–Trinajstić information content (AvgIpc) is 2.80. The lowest BCUT2D eigenvalue weighted by molar-refractivity contribution is -0.115. The first kappa shape index (κ1) is 12.9. The number of amides is 1. The number of anilines is 1. The van der Waals surface area contributed by atoms with E-state index in [9.17, 15) is 9.90 Å². The van der Waals surface area contributed by atoms with Gasteiger partial charge in [0.15, 0.2) is 0 Å². The Balaban J connectivity index is 1.82. The van der Waals surface area contributed by atoms with E-state index in [0.29, 0.717) is 12.8 Å². The van der Waals surface area contributed by atoms with Crippen molar-refractivity contribution in [3.8, 4) is 0 Å². The lowest BCUT2D eigenvalue weighted by Gasteiger charge is -2.14. The van der Waals surface area contributed by atoms with Crippen LogP contribution in [0.2, 0.25) is 0 Å². The van der Waals surface area contributed by atoms with E-state index in [1.54, 1.807) is 0 Å². The van der Waals surface area contributed by atoms with Gasteiger partial charge in [0.25, 0.3) is 0 Å². The Morgan fingerprint density at radius 1 is 1.25 bits per heavy atom. The summed E-state index contributed by atoms with van der Waals surface area (Å²) < 4.78 is 0. The molecule has 0 saturated carbocycles. The van der Waals surface area contributed by atoms with Crippen LogP contribution in [0.4, 0.5) is 5.69 Å². The highest BCUT2D eigenvalue weighted by molar-refractivity contribution is 5.99. The Morgan fingerprint density at radius 2 is 2.05 bits per heavy atom. The number of nitrogens with one attached hydrogen (secondary N) is 1. The number of fused-ring (bicyclic) bond motifs is 1. The van der Waals surface area contributed by atoms with Crippen molar-refractivity contribution in [2.45, 2.75) is 25.9 Å². The van der Waals surface area contributed by atoms with Crippen LogP contribution in [0.5, 0.6) is 0 Å². The second-order valence-corrected chi connectivity index (χ2v) is 5.29. The smallest absolute Gasteiger partial charge is 0.228 e. The third-order valence-corrected chi connectivity index (χ3v) is 3.81. The molecular formula is C17H17NO2. The lowest BCUT2D eigenvalue weighted by Crippen LogP contribution is -2.03. The van der Waals surface area contributed by atoms with Crippen molar-refractivity contribution >= 4 is 11.6 Å². The van der Waals surface area contributed by atoms with Crippen molar-refractivity contribution in [3.63, 3.8) is 0 Å². The fourth-order valence-corrected chi connectivity index (χ4v) is 2.62. The van der Waals surface area contributed by atoms with E-state index in [4.69, 9.17) is 0 Å². The van der Waals surface area contributed by atoms with E-state index in [1.165, 1.54) is 5.56 Å². The minimum absolute atomic E-state index is 0.0190. The van der Waals surface area contributed by atoms with Crippen LogP contribution in [0.3, 0.4) is 0 Å². The Kier molecular flexibility index (Phi) is 3.28. The van der Waals surface area contributed by atoms with Gasteiger partial charge in [0.2, 0.25) is 5.91 Å². The molecule has 0 aliphatic carbocycles. The molecule has 102 valence electrons. The zero-order valence-electron chi connectivity index (χ0n) is 11.4. The minimum Gasteiger partial charge on any atom is -0.388 e. The van der Waals surface area contributed by atoms with Crippen LogP contribution >= 0.6 is 0 Å². The summed E-state index contributed by atoms with van der Waals surface area (Å²) in [6, 6.07) is 13.8. The zero-order valence-corrected chi connectivity index (χ0v) is 11.4. The third kappa shape index (κ3) is 2.45. The van der Waals surface area contributed by atoms with Crippen molar-refractivity contribution in [2.75, 3.05) is 5.32 Å². The number of carbonyl (C=O) groups excluding carboxylic acids is 1. The molecular weight excluding hydrogens is 250 g/mol. The maximum Gasteiger partial charge on any atom is 0.228 e.